The average Bonchev–Trinajstić information content (AvgIpc) is 3.20. The largest absolute Gasteiger partial charge is 0.385 e. The zero-order chi connectivity index (χ0) is 20.6. The number of hydrogen-bond acceptors (Lipinski definition) is 3. The Bertz CT molecular complexity index is 826. The third-order valence-corrected chi connectivity index (χ3v) is 5.81. The van der Waals surface area contributed by atoms with Gasteiger partial charge in [-0.05, 0) is 80.0 Å². The predicted molar refractivity (Wildman–Crippen MR) is 120 cm³/mol. The van der Waals surface area contributed by atoms with E-state index in [1.165, 1.54) is 48.1 Å². The lowest BCUT2D eigenvalue weighted by atomic mass is 9.96. The van der Waals surface area contributed by atoms with Gasteiger partial charge in [-0.2, -0.15) is 0 Å². The Balaban J connectivity index is 1.61. The minimum Gasteiger partial charge on any atom is -0.385 e. The van der Waals surface area contributed by atoms with Crippen molar-refractivity contribution in [2.45, 2.75) is 58.4 Å². The van der Waals surface area contributed by atoms with E-state index in [1.54, 1.807) is 7.11 Å². The molecule has 1 aliphatic carbocycles. The van der Waals surface area contributed by atoms with E-state index < -0.39 is 0 Å². The standard InChI is InChI=1S/C25H34N2O2/c1-18-16-23(27-22-7-4-5-8-22)11-10-21(18)17-20-9-12-24(19(2)15-20)25(28)26-13-6-14-29-3/h9-12,15-16,22,27H,4-8,13-14,17H2,1-3H3,(H,26,28). The minimum atomic E-state index is -0.0105. The highest BCUT2D eigenvalue weighted by atomic mass is 16.5. The molecule has 4 heteroatoms. The van der Waals surface area contributed by atoms with Crippen LogP contribution in [-0.2, 0) is 11.2 Å². The number of amides is 1. The topological polar surface area (TPSA) is 50.4 Å². The van der Waals surface area contributed by atoms with Gasteiger partial charge in [-0.25, -0.2) is 0 Å². The Morgan fingerprint density at radius 3 is 2.55 bits per heavy atom. The van der Waals surface area contributed by atoms with Gasteiger partial charge in [-0.3, -0.25) is 4.79 Å². The summed E-state index contributed by atoms with van der Waals surface area (Å²) in [6, 6.07) is 13.5. The SMILES string of the molecule is COCCCNC(=O)c1ccc(Cc2ccc(NC3CCCC3)cc2C)cc1C. The number of nitrogens with one attached hydrogen (secondary N) is 2. The summed E-state index contributed by atoms with van der Waals surface area (Å²) < 4.78 is 5.02. The molecule has 0 atom stereocenters. The summed E-state index contributed by atoms with van der Waals surface area (Å²) in [5, 5.41) is 6.64. The van der Waals surface area contributed by atoms with Gasteiger partial charge in [0.25, 0.3) is 5.91 Å². The second kappa shape index (κ2) is 10.4. The fourth-order valence-electron chi connectivity index (χ4n) is 4.11. The highest BCUT2D eigenvalue weighted by Crippen LogP contribution is 2.25. The van der Waals surface area contributed by atoms with Crippen LogP contribution in [0.2, 0.25) is 0 Å². The van der Waals surface area contributed by atoms with Crippen LogP contribution in [0.5, 0.6) is 0 Å². The highest BCUT2D eigenvalue weighted by Gasteiger charge is 2.15. The molecule has 0 aliphatic heterocycles. The number of rotatable bonds is 9. The molecule has 29 heavy (non-hydrogen) atoms. The van der Waals surface area contributed by atoms with Gasteiger partial charge in [-0.1, -0.05) is 31.0 Å². The molecule has 1 saturated carbocycles. The lowest BCUT2D eigenvalue weighted by molar-refractivity contribution is 0.0948. The van der Waals surface area contributed by atoms with E-state index in [0.717, 1.165) is 24.0 Å². The van der Waals surface area contributed by atoms with Crippen molar-refractivity contribution in [1.29, 1.82) is 0 Å². The van der Waals surface area contributed by atoms with Crippen LogP contribution in [-0.4, -0.2) is 32.2 Å². The number of carbonyl (C=O) groups is 1. The minimum absolute atomic E-state index is 0.0105. The molecule has 0 saturated heterocycles. The second-order valence-corrected chi connectivity index (χ2v) is 8.20. The monoisotopic (exact) mass is 394 g/mol. The maximum Gasteiger partial charge on any atom is 0.251 e. The molecular formula is C25H34N2O2. The van der Waals surface area contributed by atoms with E-state index >= 15 is 0 Å². The number of hydrogen-bond donors (Lipinski definition) is 2. The molecule has 0 heterocycles. The van der Waals surface area contributed by atoms with E-state index in [2.05, 4.69) is 47.9 Å². The molecule has 0 spiro atoms. The molecular weight excluding hydrogens is 360 g/mol. The Labute approximate surface area is 175 Å². The van der Waals surface area contributed by atoms with Crippen molar-refractivity contribution in [1.82, 2.24) is 5.32 Å². The Morgan fingerprint density at radius 2 is 1.86 bits per heavy atom. The normalized spacial score (nSPS) is 14.2. The van der Waals surface area contributed by atoms with E-state index in [9.17, 15) is 4.79 Å². The fraction of sp³-hybridized carbons (Fsp3) is 0.480. The third kappa shape index (κ3) is 6.07. The summed E-state index contributed by atoms with van der Waals surface area (Å²) in [4.78, 5) is 12.4. The number of carbonyl (C=O) groups excluding carboxylic acids is 1. The van der Waals surface area contributed by atoms with Crippen LogP contribution in [0.25, 0.3) is 0 Å². The molecule has 0 unspecified atom stereocenters. The van der Waals surface area contributed by atoms with Crippen molar-refractivity contribution in [3.63, 3.8) is 0 Å². The first-order valence-electron chi connectivity index (χ1n) is 10.8. The van der Waals surface area contributed by atoms with Gasteiger partial charge in [0.05, 0.1) is 0 Å². The number of methoxy groups -OCH3 is 1. The van der Waals surface area contributed by atoms with Crippen LogP contribution in [0.1, 0.15) is 64.7 Å². The van der Waals surface area contributed by atoms with Crippen LogP contribution < -0.4 is 10.6 Å². The number of aryl methyl sites for hydroxylation is 2. The second-order valence-electron chi connectivity index (χ2n) is 8.20. The first kappa shape index (κ1) is 21.4. The summed E-state index contributed by atoms with van der Waals surface area (Å²) in [7, 11) is 1.67. The molecule has 0 bridgehead atoms. The van der Waals surface area contributed by atoms with Gasteiger partial charge in [0, 0.05) is 37.6 Å². The third-order valence-electron chi connectivity index (χ3n) is 5.81. The zero-order valence-electron chi connectivity index (χ0n) is 18.0. The van der Waals surface area contributed by atoms with Crippen molar-refractivity contribution >= 4 is 11.6 Å². The predicted octanol–water partition coefficient (Wildman–Crippen LogP) is 5.02. The lowest BCUT2D eigenvalue weighted by Crippen LogP contribution is -2.25. The molecule has 156 valence electrons. The van der Waals surface area contributed by atoms with E-state index in [-0.39, 0.29) is 5.91 Å². The molecule has 1 fully saturated rings. The van der Waals surface area contributed by atoms with Crippen molar-refractivity contribution in [2.24, 2.45) is 0 Å². The molecule has 2 aromatic rings. The molecule has 3 rings (SSSR count). The molecule has 0 radical (unpaired) electrons. The van der Waals surface area contributed by atoms with Crippen molar-refractivity contribution in [3.8, 4) is 0 Å². The maximum atomic E-state index is 12.4. The van der Waals surface area contributed by atoms with Crippen molar-refractivity contribution in [3.05, 3.63) is 64.2 Å². The number of benzene rings is 2. The molecule has 2 aromatic carbocycles. The van der Waals surface area contributed by atoms with Gasteiger partial charge in [0.1, 0.15) is 0 Å². The Morgan fingerprint density at radius 1 is 1.07 bits per heavy atom. The van der Waals surface area contributed by atoms with E-state index in [4.69, 9.17) is 4.74 Å². The summed E-state index contributed by atoms with van der Waals surface area (Å²) in [6.07, 6.45) is 6.96. The first-order valence-corrected chi connectivity index (χ1v) is 10.8. The molecule has 1 aliphatic rings. The van der Waals surface area contributed by atoms with Crippen LogP contribution in [0.15, 0.2) is 36.4 Å². The number of anilines is 1. The lowest BCUT2D eigenvalue weighted by Gasteiger charge is -2.16. The van der Waals surface area contributed by atoms with Gasteiger partial charge in [0.15, 0.2) is 0 Å². The summed E-state index contributed by atoms with van der Waals surface area (Å²) in [5.41, 5.74) is 6.87. The highest BCUT2D eigenvalue weighted by molar-refractivity contribution is 5.95. The van der Waals surface area contributed by atoms with Gasteiger partial charge in [0.2, 0.25) is 0 Å². The molecule has 2 N–H and O–H groups in total. The fourth-order valence-corrected chi connectivity index (χ4v) is 4.11. The van der Waals surface area contributed by atoms with Crippen molar-refractivity contribution in [2.75, 3.05) is 25.6 Å². The van der Waals surface area contributed by atoms with Gasteiger partial charge >= 0.3 is 0 Å². The van der Waals surface area contributed by atoms with Crippen LogP contribution in [0, 0.1) is 13.8 Å². The smallest absolute Gasteiger partial charge is 0.251 e. The Hall–Kier alpha value is -2.33. The van der Waals surface area contributed by atoms with E-state index in [1.807, 2.05) is 13.0 Å². The van der Waals surface area contributed by atoms with Crippen LogP contribution >= 0.6 is 0 Å². The average molecular weight is 395 g/mol. The van der Waals surface area contributed by atoms with Gasteiger partial charge in [-0.15, -0.1) is 0 Å². The first-order chi connectivity index (χ1) is 14.1. The summed E-state index contributed by atoms with van der Waals surface area (Å²) in [6.45, 7) is 5.49. The quantitative estimate of drug-likeness (QED) is 0.588. The van der Waals surface area contributed by atoms with E-state index in [0.29, 0.717) is 19.2 Å². The maximum absolute atomic E-state index is 12.4. The molecule has 0 aromatic heterocycles. The molecule has 1 amide bonds. The molecule has 4 nitrogen and oxygen atoms in total. The van der Waals surface area contributed by atoms with Crippen LogP contribution in [0.4, 0.5) is 5.69 Å². The van der Waals surface area contributed by atoms with Crippen LogP contribution in [0.3, 0.4) is 0 Å². The summed E-state index contributed by atoms with van der Waals surface area (Å²) in [5.74, 6) is -0.0105. The number of ether oxygens (including phenoxy) is 1. The zero-order valence-corrected chi connectivity index (χ0v) is 18.0. The summed E-state index contributed by atoms with van der Waals surface area (Å²) >= 11 is 0. The Kier molecular flexibility index (Phi) is 7.70. The van der Waals surface area contributed by atoms with Crippen molar-refractivity contribution < 1.29 is 9.53 Å². The van der Waals surface area contributed by atoms with Gasteiger partial charge < -0.3 is 15.4 Å².